The van der Waals surface area contributed by atoms with E-state index in [4.69, 9.17) is 0 Å². The van der Waals surface area contributed by atoms with Gasteiger partial charge in [0.2, 0.25) is 5.91 Å². The minimum atomic E-state index is -3.27. The zero-order chi connectivity index (χ0) is 18.7. The average molecular weight is 371 g/mol. The second-order valence-electron chi connectivity index (χ2n) is 6.23. The number of aryl methyl sites for hydroxylation is 1. The highest BCUT2D eigenvalue weighted by atomic mass is 32.2. The summed E-state index contributed by atoms with van der Waals surface area (Å²) in [6.07, 6.45) is 1.97. The first kappa shape index (κ1) is 18.1. The van der Waals surface area contributed by atoms with Gasteiger partial charge < -0.3 is 9.88 Å². The summed E-state index contributed by atoms with van der Waals surface area (Å²) < 4.78 is 25.1. The number of imidazole rings is 1. The molecule has 1 aromatic heterocycles. The molecule has 0 radical (unpaired) electrons. The molecule has 7 heteroatoms. The number of sulfone groups is 1. The third-order valence-corrected chi connectivity index (χ3v) is 4.88. The molecule has 2 aromatic carbocycles. The molecule has 0 fully saturated rings. The van der Waals surface area contributed by atoms with Crippen molar-refractivity contribution in [1.82, 2.24) is 9.55 Å². The molecule has 1 N–H and O–H groups in total. The Bertz CT molecular complexity index is 1050. The number of aromatic nitrogens is 2. The molecule has 0 saturated carbocycles. The smallest absolute Gasteiger partial charge is 0.244 e. The van der Waals surface area contributed by atoms with E-state index in [2.05, 4.69) is 10.3 Å². The molecule has 0 atom stereocenters. The lowest BCUT2D eigenvalue weighted by Crippen LogP contribution is -2.21. The molecule has 0 aliphatic rings. The molecule has 1 heterocycles. The fourth-order valence-corrected chi connectivity index (χ4v) is 3.62. The van der Waals surface area contributed by atoms with Crippen LogP contribution < -0.4 is 5.32 Å². The number of hydrogen-bond donors (Lipinski definition) is 1. The van der Waals surface area contributed by atoms with Gasteiger partial charge >= 0.3 is 0 Å². The van der Waals surface area contributed by atoms with Gasteiger partial charge in [-0.2, -0.15) is 0 Å². The molecule has 0 bridgehead atoms. The summed E-state index contributed by atoms with van der Waals surface area (Å²) in [5, 5.41) is 2.92. The zero-order valence-corrected chi connectivity index (χ0v) is 15.6. The van der Waals surface area contributed by atoms with Crippen LogP contribution in [0.5, 0.6) is 0 Å². The number of rotatable bonds is 6. The molecule has 3 rings (SSSR count). The van der Waals surface area contributed by atoms with Crippen LogP contribution in [0.2, 0.25) is 0 Å². The molecule has 26 heavy (non-hydrogen) atoms. The standard InChI is InChI=1S/C19H21N3O3S/c1-3-14-8-4-5-9-15(14)21-19(23)12-22-17-11-7-6-10-16(17)20-18(22)13-26(2,24)25/h4-11H,3,12-13H2,1-2H3,(H,21,23). The molecule has 6 nitrogen and oxygen atoms in total. The first-order valence-electron chi connectivity index (χ1n) is 8.37. The van der Waals surface area contributed by atoms with Crippen molar-refractivity contribution in [2.24, 2.45) is 0 Å². The second kappa shape index (κ2) is 7.29. The van der Waals surface area contributed by atoms with Crippen molar-refractivity contribution in [2.45, 2.75) is 25.6 Å². The Labute approximate surface area is 152 Å². The number of carbonyl (C=O) groups is 1. The summed E-state index contributed by atoms with van der Waals surface area (Å²) in [6, 6.07) is 15.0. The van der Waals surface area contributed by atoms with Crippen LogP contribution in [0.1, 0.15) is 18.3 Å². The van der Waals surface area contributed by atoms with Crippen molar-refractivity contribution in [1.29, 1.82) is 0 Å². The van der Waals surface area contributed by atoms with E-state index in [-0.39, 0.29) is 18.2 Å². The van der Waals surface area contributed by atoms with Crippen LogP contribution in [0.4, 0.5) is 5.69 Å². The largest absolute Gasteiger partial charge is 0.324 e. The number of hydrogen-bond acceptors (Lipinski definition) is 4. The number of benzene rings is 2. The number of para-hydroxylation sites is 3. The van der Waals surface area contributed by atoms with E-state index in [0.717, 1.165) is 29.4 Å². The summed E-state index contributed by atoms with van der Waals surface area (Å²) in [6.45, 7) is 2.03. The Balaban J connectivity index is 1.92. The summed E-state index contributed by atoms with van der Waals surface area (Å²) >= 11 is 0. The van der Waals surface area contributed by atoms with E-state index in [1.54, 1.807) is 4.57 Å². The molecular formula is C19H21N3O3S. The topological polar surface area (TPSA) is 81.1 Å². The number of amides is 1. The number of anilines is 1. The fourth-order valence-electron chi connectivity index (χ4n) is 2.93. The third-order valence-electron chi connectivity index (χ3n) is 4.10. The maximum Gasteiger partial charge on any atom is 0.244 e. The van der Waals surface area contributed by atoms with E-state index in [0.29, 0.717) is 11.3 Å². The minimum absolute atomic E-state index is 0.00339. The van der Waals surface area contributed by atoms with Crippen LogP contribution in [-0.4, -0.2) is 30.1 Å². The van der Waals surface area contributed by atoms with Gasteiger partial charge in [0.05, 0.1) is 11.0 Å². The monoisotopic (exact) mass is 371 g/mol. The van der Waals surface area contributed by atoms with E-state index < -0.39 is 9.84 Å². The zero-order valence-electron chi connectivity index (χ0n) is 14.8. The van der Waals surface area contributed by atoms with Crippen molar-refractivity contribution in [2.75, 3.05) is 11.6 Å². The van der Waals surface area contributed by atoms with Crippen molar-refractivity contribution >= 4 is 32.5 Å². The van der Waals surface area contributed by atoms with Crippen molar-refractivity contribution in [3.63, 3.8) is 0 Å². The van der Waals surface area contributed by atoms with Crippen LogP contribution in [-0.2, 0) is 33.4 Å². The molecule has 136 valence electrons. The summed E-state index contributed by atoms with van der Waals surface area (Å²) in [5.41, 5.74) is 3.24. The predicted molar refractivity (Wildman–Crippen MR) is 103 cm³/mol. The molecule has 0 saturated heterocycles. The van der Waals surface area contributed by atoms with Crippen LogP contribution in [0.25, 0.3) is 11.0 Å². The Hall–Kier alpha value is -2.67. The SMILES string of the molecule is CCc1ccccc1NC(=O)Cn1c(CS(C)(=O)=O)nc2ccccc21. The van der Waals surface area contributed by atoms with E-state index >= 15 is 0 Å². The van der Waals surface area contributed by atoms with Gasteiger partial charge in [-0.05, 0) is 30.2 Å². The van der Waals surface area contributed by atoms with Crippen LogP contribution in [0.15, 0.2) is 48.5 Å². The third kappa shape index (κ3) is 4.11. The summed E-state index contributed by atoms with van der Waals surface area (Å²) in [7, 11) is -3.27. The first-order chi connectivity index (χ1) is 12.4. The maximum atomic E-state index is 12.6. The van der Waals surface area contributed by atoms with Crippen molar-refractivity contribution in [3.8, 4) is 0 Å². The van der Waals surface area contributed by atoms with Gasteiger partial charge in [-0.15, -0.1) is 0 Å². The van der Waals surface area contributed by atoms with Gasteiger partial charge in [-0.25, -0.2) is 13.4 Å². The van der Waals surface area contributed by atoms with Crippen LogP contribution >= 0.6 is 0 Å². The predicted octanol–water partition coefficient (Wildman–Crippen LogP) is 2.78. The van der Waals surface area contributed by atoms with Crippen LogP contribution in [0, 0.1) is 0 Å². The molecule has 0 unspecified atom stereocenters. The van der Waals surface area contributed by atoms with Gasteiger partial charge in [0.25, 0.3) is 0 Å². The average Bonchev–Trinajstić information content (AvgIpc) is 2.91. The van der Waals surface area contributed by atoms with E-state index in [1.165, 1.54) is 0 Å². The highest BCUT2D eigenvalue weighted by Gasteiger charge is 2.17. The fraction of sp³-hybridized carbons (Fsp3) is 0.263. The minimum Gasteiger partial charge on any atom is -0.324 e. The number of nitrogens with one attached hydrogen (secondary N) is 1. The molecule has 3 aromatic rings. The molecule has 0 spiro atoms. The number of fused-ring (bicyclic) bond motifs is 1. The Morgan fingerprint density at radius 1 is 1.12 bits per heavy atom. The Morgan fingerprint density at radius 3 is 2.54 bits per heavy atom. The molecule has 0 aliphatic carbocycles. The normalized spacial score (nSPS) is 11.6. The lowest BCUT2D eigenvalue weighted by Gasteiger charge is -2.12. The summed E-state index contributed by atoms with van der Waals surface area (Å²) in [4.78, 5) is 17.0. The maximum absolute atomic E-state index is 12.6. The summed E-state index contributed by atoms with van der Waals surface area (Å²) in [5.74, 6) is -0.0584. The molecule has 0 aliphatic heterocycles. The lowest BCUT2D eigenvalue weighted by atomic mass is 10.1. The van der Waals surface area contributed by atoms with Gasteiger partial charge in [-0.1, -0.05) is 37.3 Å². The Morgan fingerprint density at radius 2 is 1.81 bits per heavy atom. The molecular weight excluding hydrogens is 350 g/mol. The van der Waals surface area contributed by atoms with Gasteiger partial charge in [-0.3, -0.25) is 4.79 Å². The lowest BCUT2D eigenvalue weighted by molar-refractivity contribution is -0.116. The number of carbonyl (C=O) groups excluding carboxylic acids is 1. The molecule has 1 amide bonds. The first-order valence-corrected chi connectivity index (χ1v) is 10.4. The van der Waals surface area contributed by atoms with Crippen molar-refractivity contribution < 1.29 is 13.2 Å². The van der Waals surface area contributed by atoms with E-state index in [1.807, 2.05) is 55.5 Å². The van der Waals surface area contributed by atoms with E-state index in [9.17, 15) is 13.2 Å². The van der Waals surface area contributed by atoms with Gasteiger partial charge in [0, 0.05) is 11.9 Å². The van der Waals surface area contributed by atoms with Crippen molar-refractivity contribution in [3.05, 3.63) is 59.9 Å². The highest BCUT2D eigenvalue weighted by Crippen LogP contribution is 2.19. The van der Waals surface area contributed by atoms with Gasteiger partial charge in [0.15, 0.2) is 9.84 Å². The van der Waals surface area contributed by atoms with Crippen LogP contribution in [0.3, 0.4) is 0 Å². The Kier molecular flexibility index (Phi) is 5.08. The highest BCUT2D eigenvalue weighted by molar-refractivity contribution is 7.89. The number of nitrogens with zero attached hydrogens (tertiary/aromatic N) is 2. The second-order valence-corrected chi connectivity index (χ2v) is 8.37. The van der Waals surface area contributed by atoms with Gasteiger partial charge in [0.1, 0.15) is 18.1 Å². The quantitative estimate of drug-likeness (QED) is 0.722.